The van der Waals surface area contributed by atoms with Crippen molar-refractivity contribution in [2.45, 2.75) is 66.2 Å². The Balaban J connectivity index is 1.69. The Labute approximate surface area is 256 Å². The molecule has 0 amide bonds. The zero-order chi connectivity index (χ0) is 33.6. The highest BCUT2D eigenvalue weighted by Crippen LogP contribution is 2.45. The number of non-ortho nitro benzene ring substituents is 1. The second-order valence-electron chi connectivity index (χ2n) is 11.6. The molecule has 4 rings (SSSR count). The van der Waals surface area contributed by atoms with Crippen molar-refractivity contribution < 1.29 is 40.7 Å². The van der Waals surface area contributed by atoms with Gasteiger partial charge in [-0.2, -0.15) is 26.3 Å². The number of nitro benzene ring substituents is 1. The first kappa shape index (κ1) is 33.4. The number of hydrogen-bond acceptors (Lipinski definition) is 4. The molecule has 0 saturated carbocycles. The highest BCUT2D eigenvalue weighted by atomic mass is 19.4. The predicted molar refractivity (Wildman–Crippen MR) is 158 cm³/mol. The molecule has 0 heterocycles. The molecule has 4 aromatic rings. The molecule has 0 aromatic heterocycles. The summed E-state index contributed by atoms with van der Waals surface area (Å²) in [4.78, 5) is 10.2. The maximum Gasteiger partial charge on any atom is 0.420 e. The number of halogens is 6. The third kappa shape index (κ3) is 6.92. The maximum absolute atomic E-state index is 13.7. The Morgan fingerprint density at radius 2 is 0.978 bits per heavy atom. The van der Waals surface area contributed by atoms with Gasteiger partial charge in [0.1, 0.15) is 28.6 Å². The van der Waals surface area contributed by atoms with Crippen LogP contribution in [-0.2, 0) is 17.8 Å². The molecule has 4 aromatic carbocycles. The molecule has 238 valence electrons. The zero-order valence-corrected chi connectivity index (χ0v) is 25.6. The third-order valence-electron chi connectivity index (χ3n) is 7.71. The highest BCUT2D eigenvalue weighted by Gasteiger charge is 2.37. The minimum atomic E-state index is -4.88. The Hall–Kier alpha value is -4.54. The molecule has 0 aliphatic carbocycles. The van der Waals surface area contributed by atoms with Gasteiger partial charge < -0.3 is 9.47 Å². The van der Waals surface area contributed by atoms with E-state index in [9.17, 15) is 36.5 Å². The van der Waals surface area contributed by atoms with Crippen molar-refractivity contribution in [3.8, 4) is 23.0 Å². The number of aryl methyl sites for hydroxylation is 5. The van der Waals surface area contributed by atoms with Crippen molar-refractivity contribution in [3.05, 3.63) is 121 Å². The Morgan fingerprint density at radius 1 is 0.600 bits per heavy atom. The van der Waals surface area contributed by atoms with Gasteiger partial charge in [0.15, 0.2) is 0 Å². The lowest BCUT2D eigenvalue weighted by atomic mass is 9.76. The van der Waals surface area contributed by atoms with Crippen LogP contribution in [0, 0.1) is 44.7 Å². The summed E-state index contributed by atoms with van der Waals surface area (Å²) in [5, 5.41) is 11.1. The molecular weight excluding hydrogens is 600 g/mol. The van der Waals surface area contributed by atoms with Crippen molar-refractivity contribution >= 4 is 5.69 Å². The zero-order valence-electron chi connectivity index (χ0n) is 25.6. The van der Waals surface area contributed by atoms with Crippen LogP contribution < -0.4 is 9.47 Å². The molecule has 0 atom stereocenters. The topological polar surface area (TPSA) is 61.6 Å². The van der Waals surface area contributed by atoms with Gasteiger partial charge in [-0.05, 0) is 86.2 Å². The molecule has 45 heavy (non-hydrogen) atoms. The summed E-state index contributed by atoms with van der Waals surface area (Å²) in [6, 6.07) is 13.5. The van der Waals surface area contributed by atoms with Crippen LogP contribution in [0.25, 0.3) is 0 Å². The molecule has 0 aliphatic rings. The first-order valence-electron chi connectivity index (χ1n) is 13.8. The number of hydrogen-bond donors (Lipinski definition) is 0. The van der Waals surface area contributed by atoms with Gasteiger partial charge >= 0.3 is 12.4 Å². The van der Waals surface area contributed by atoms with Crippen LogP contribution in [0.1, 0.15) is 63.9 Å². The van der Waals surface area contributed by atoms with E-state index in [-0.39, 0.29) is 11.5 Å². The number of nitro groups is 1. The summed E-state index contributed by atoms with van der Waals surface area (Å²) in [6.45, 7) is 12.4. The van der Waals surface area contributed by atoms with E-state index in [0.29, 0.717) is 39.6 Å². The lowest BCUT2D eigenvalue weighted by Gasteiger charge is -2.29. The SMILES string of the molecule is Cc1ccc(Oc2c(C)cc(C(C)(C)c3cc(C)c(Oc4ccc([N+](=O)[O-])cc4C(F)(F)F)c(C)c3)cc2C)c(C(F)(F)F)c1. The molecule has 0 fully saturated rings. The molecule has 0 aliphatic heterocycles. The van der Waals surface area contributed by atoms with E-state index in [0.717, 1.165) is 29.3 Å². The van der Waals surface area contributed by atoms with Crippen LogP contribution in [-0.4, -0.2) is 4.92 Å². The van der Waals surface area contributed by atoms with E-state index in [1.165, 1.54) is 6.07 Å². The van der Waals surface area contributed by atoms with Crippen LogP contribution in [0.4, 0.5) is 32.0 Å². The summed E-state index contributed by atoms with van der Waals surface area (Å²) >= 11 is 0. The van der Waals surface area contributed by atoms with Crippen molar-refractivity contribution in [2.24, 2.45) is 0 Å². The molecule has 0 bridgehead atoms. The van der Waals surface area contributed by atoms with Gasteiger partial charge in [-0.1, -0.05) is 49.7 Å². The first-order chi connectivity index (χ1) is 20.7. The van der Waals surface area contributed by atoms with E-state index in [2.05, 4.69) is 0 Å². The summed E-state index contributed by atoms with van der Waals surface area (Å²) in [5.41, 5.74) is 0.953. The Bertz CT molecular complexity index is 1740. The summed E-state index contributed by atoms with van der Waals surface area (Å²) in [5.74, 6) is -0.364. The van der Waals surface area contributed by atoms with E-state index in [4.69, 9.17) is 9.47 Å². The molecular formula is C34H31F6NO4. The number of ether oxygens (including phenoxy) is 2. The van der Waals surface area contributed by atoms with Gasteiger partial charge in [0, 0.05) is 17.5 Å². The quantitative estimate of drug-likeness (QED) is 0.116. The van der Waals surface area contributed by atoms with Crippen LogP contribution in [0.2, 0.25) is 0 Å². The number of rotatable bonds is 7. The molecule has 0 saturated heterocycles. The van der Waals surface area contributed by atoms with Crippen molar-refractivity contribution in [1.82, 2.24) is 0 Å². The summed E-state index contributed by atoms with van der Waals surface area (Å²) in [7, 11) is 0. The van der Waals surface area contributed by atoms with Crippen LogP contribution in [0.5, 0.6) is 23.0 Å². The second-order valence-corrected chi connectivity index (χ2v) is 11.6. The number of alkyl halides is 6. The highest BCUT2D eigenvalue weighted by molar-refractivity contribution is 5.55. The molecule has 0 spiro atoms. The molecule has 0 unspecified atom stereocenters. The standard InChI is InChI=1S/C34H31F6NO4/c1-18-8-10-28(26(12-18)33(35,36)37)44-30-19(2)13-23(14-20(30)3)32(6,7)24-15-21(4)31(22(5)16-24)45-29-11-9-25(41(42)43)17-27(29)34(38,39)40/h8-17H,1-7H3. The van der Waals surface area contributed by atoms with Gasteiger partial charge in [-0.15, -0.1) is 0 Å². The molecule has 11 heteroatoms. The monoisotopic (exact) mass is 631 g/mol. The lowest BCUT2D eigenvalue weighted by Crippen LogP contribution is -2.20. The maximum atomic E-state index is 13.7. The Morgan fingerprint density at radius 3 is 1.36 bits per heavy atom. The normalized spacial score (nSPS) is 12.3. The van der Waals surface area contributed by atoms with E-state index >= 15 is 0 Å². The molecule has 0 N–H and O–H groups in total. The largest absolute Gasteiger partial charge is 0.456 e. The summed E-state index contributed by atoms with van der Waals surface area (Å²) < 4.78 is 93.9. The fourth-order valence-corrected chi connectivity index (χ4v) is 5.23. The number of nitrogens with zero attached hydrogens (tertiary/aromatic N) is 1. The average molecular weight is 632 g/mol. The second kappa shape index (κ2) is 11.8. The fourth-order valence-electron chi connectivity index (χ4n) is 5.23. The first-order valence-corrected chi connectivity index (χ1v) is 13.8. The van der Waals surface area contributed by atoms with Gasteiger partial charge in [-0.3, -0.25) is 10.1 Å². The van der Waals surface area contributed by atoms with Crippen LogP contribution >= 0.6 is 0 Å². The van der Waals surface area contributed by atoms with E-state index in [1.54, 1.807) is 52.8 Å². The van der Waals surface area contributed by atoms with Crippen molar-refractivity contribution in [3.63, 3.8) is 0 Å². The van der Waals surface area contributed by atoms with Crippen LogP contribution in [0.15, 0.2) is 60.7 Å². The van der Waals surface area contributed by atoms with Crippen LogP contribution in [0.3, 0.4) is 0 Å². The van der Waals surface area contributed by atoms with E-state index < -0.39 is 45.3 Å². The predicted octanol–water partition coefficient (Wildman–Crippen LogP) is 11.1. The minimum absolute atomic E-state index is 0.184. The molecule has 5 nitrogen and oxygen atoms in total. The Kier molecular flexibility index (Phi) is 8.71. The van der Waals surface area contributed by atoms with Gasteiger partial charge in [0.25, 0.3) is 5.69 Å². The molecule has 0 radical (unpaired) electrons. The smallest absolute Gasteiger partial charge is 0.420 e. The fraction of sp³-hybridized carbons (Fsp3) is 0.294. The van der Waals surface area contributed by atoms with Gasteiger partial charge in [0.2, 0.25) is 0 Å². The summed E-state index contributed by atoms with van der Waals surface area (Å²) in [6.07, 6.45) is -9.48. The van der Waals surface area contributed by atoms with Gasteiger partial charge in [-0.25, -0.2) is 0 Å². The van der Waals surface area contributed by atoms with Crippen molar-refractivity contribution in [2.75, 3.05) is 0 Å². The minimum Gasteiger partial charge on any atom is -0.456 e. The van der Waals surface area contributed by atoms with Gasteiger partial charge in [0.05, 0.1) is 10.5 Å². The van der Waals surface area contributed by atoms with E-state index in [1.807, 2.05) is 26.0 Å². The lowest BCUT2D eigenvalue weighted by molar-refractivity contribution is -0.385. The average Bonchev–Trinajstić information content (AvgIpc) is 2.92. The van der Waals surface area contributed by atoms with Crippen molar-refractivity contribution in [1.29, 1.82) is 0 Å². The third-order valence-corrected chi connectivity index (χ3v) is 7.71. The number of benzene rings is 4.